The van der Waals surface area contributed by atoms with Crippen LogP contribution in [-0.4, -0.2) is 69.0 Å². The number of nitrogens with two attached hydrogens (primary N) is 1. The van der Waals surface area contributed by atoms with Gasteiger partial charge in [0.1, 0.15) is 18.1 Å². The minimum absolute atomic E-state index is 0.0953. The van der Waals surface area contributed by atoms with Gasteiger partial charge in [-0.2, -0.15) is 0 Å². The summed E-state index contributed by atoms with van der Waals surface area (Å²) in [6, 6.07) is 2.65. The van der Waals surface area contributed by atoms with Gasteiger partial charge in [0.25, 0.3) is 0 Å². The highest BCUT2D eigenvalue weighted by Crippen LogP contribution is 2.19. The van der Waals surface area contributed by atoms with E-state index >= 15 is 0 Å². The fraction of sp³-hybridized carbons (Fsp3) is 0.500. The average Bonchev–Trinajstić information content (AvgIpc) is 3.27. The first kappa shape index (κ1) is 30.3. The van der Waals surface area contributed by atoms with E-state index in [1.54, 1.807) is 20.0 Å². The zero-order valence-electron chi connectivity index (χ0n) is 22.0. The molecule has 0 fully saturated rings. The van der Waals surface area contributed by atoms with Crippen LogP contribution in [0.25, 0.3) is 10.9 Å². The Balaban J connectivity index is 2.30. The molecule has 5 atom stereocenters. The standard InChI is InChI=1S/C26H37N5O7/c1-5-14(4)21(27)24(35)29-18(10-15-12-28-17-9-7-6-8-16(15)17)23(34)31-22(13(2)3)25(36)30-19(26(37)38)11-20(32)33/h6-9,12-14,18-19,21-22,28H,5,10-11,27H2,1-4H3,(H,29,35)(H,30,36)(H,31,34)(H,32,33)(H,37,38). The number of benzene rings is 1. The Morgan fingerprint density at radius 3 is 2.13 bits per heavy atom. The van der Waals surface area contributed by atoms with E-state index in [1.165, 1.54) is 0 Å². The van der Waals surface area contributed by atoms with Crippen LogP contribution in [-0.2, 0) is 30.4 Å². The van der Waals surface area contributed by atoms with E-state index in [2.05, 4.69) is 20.9 Å². The van der Waals surface area contributed by atoms with Crippen molar-refractivity contribution < 1.29 is 34.2 Å². The summed E-state index contributed by atoms with van der Waals surface area (Å²) in [6.45, 7) is 7.01. The van der Waals surface area contributed by atoms with Crippen molar-refractivity contribution in [3.63, 3.8) is 0 Å². The molecule has 0 saturated heterocycles. The number of carbonyl (C=O) groups is 5. The van der Waals surface area contributed by atoms with Crippen molar-refractivity contribution in [3.8, 4) is 0 Å². The van der Waals surface area contributed by atoms with Gasteiger partial charge in [-0.05, 0) is 23.5 Å². The summed E-state index contributed by atoms with van der Waals surface area (Å²) in [5, 5.41) is 26.6. The maximum atomic E-state index is 13.5. The smallest absolute Gasteiger partial charge is 0.326 e. The van der Waals surface area contributed by atoms with Crippen LogP contribution in [0.4, 0.5) is 0 Å². The molecule has 8 N–H and O–H groups in total. The number of hydrogen-bond acceptors (Lipinski definition) is 6. The highest BCUT2D eigenvalue weighted by Gasteiger charge is 2.33. The van der Waals surface area contributed by atoms with E-state index < -0.39 is 66.2 Å². The lowest BCUT2D eigenvalue weighted by Gasteiger charge is -2.27. The summed E-state index contributed by atoms with van der Waals surface area (Å²) < 4.78 is 0. The Hall–Kier alpha value is -3.93. The number of aromatic amines is 1. The highest BCUT2D eigenvalue weighted by molar-refractivity contribution is 5.95. The van der Waals surface area contributed by atoms with Crippen LogP contribution in [0.2, 0.25) is 0 Å². The lowest BCUT2D eigenvalue weighted by Crippen LogP contribution is -2.59. The second kappa shape index (κ2) is 13.6. The first-order valence-corrected chi connectivity index (χ1v) is 12.5. The number of carbonyl (C=O) groups excluding carboxylic acids is 3. The van der Waals surface area contributed by atoms with Gasteiger partial charge in [-0.15, -0.1) is 0 Å². The first-order valence-electron chi connectivity index (χ1n) is 12.5. The number of aliphatic carboxylic acids is 2. The SMILES string of the molecule is CCC(C)C(N)C(=O)NC(Cc1c[nH]c2ccccc12)C(=O)NC(C(=O)NC(CC(=O)O)C(=O)O)C(C)C. The van der Waals surface area contributed by atoms with Crippen molar-refractivity contribution in [2.45, 2.75) is 71.1 Å². The first-order chi connectivity index (χ1) is 17.8. The number of para-hydroxylation sites is 1. The zero-order valence-corrected chi connectivity index (χ0v) is 22.0. The molecule has 0 radical (unpaired) electrons. The molecule has 0 bridgehead atoms. The van der Waals surface area contributed by atoms with Crippen molar-refractivity contribution in [1.82, 2.24) is 20.9 Å². The molecule has 0 spiro atoms. The molecule has 208 valence electrons. The van der Waals surface area contributed by atoms with Gasteiger partial charge in [-0.3, -0.25) is 19.2 Å². The lowest BCUT2D eigenvalue weighted by molar-refractivity contribution is -0.147. The van der Waals surface area contributed by atoms with E-state index in [4.69, 9.17) is 10.8 Å². The van der Waals surface area contributed by atoms with Crippen molar-refractivity contribution in [2.24, 2.45) is 17.6 Å². The number of aromatic nitrogens is 1. The highest BCUT2D eigenvalue weighted by atomic mass is 16.4. The molecule has 12 nitrogen and oxygen atoms in total. The van der Waals surface area contributed by atoms with Gasteiger partial charge >= 0.3 is 11.9 Å². The number of rotatable bonds is 14. The van der Waals surface area contributed by atoms with E-state index in [-0.39, 0.29) is 12.3 Å². The van der Waals surface area contributed by atoms with E-state index in [0.717, 1.165) is 16.5 Å². The predicted molar refractivity (Wildman–Crippen MR) is 140 cm³/mol. The second-order valence-electron chi connectivity index (χ2n) is 9.76. The van der Waals surface area contributed by atoms with Gasteiger partial charge < -0.3 is 36.9 Å². The molecule has 0 aliphatic rings. The number of nitrogens with one attached hydrogen (secondary N) is 4. The molecule has 1 heterocycles. The Bertz CT molecular complexity index is 1160. The topological polar surface area (TPSA) is 204 Å². The maximum Gasteiger partial charge on any atom is 0.326 e. The van der Waals surface area contributed by atoms with Crippen molar-refractivity contribution in [1.29, 1.82) is 0 Å². The molecule has 0 aliphatic heterocycles. The van der Waals surface area contributed by atoms with Crippen LogP contribution < -0.4 is 21.7 Å². The molecule has 1 aromatic carbocycles. The summed E-state index contributed by atoms with van der Waals surface area (Å²) in [7, 11) is 0. The number of carboxylic acid groups (broad SMARTS) is 2. The Morgan fingerprint density at radius 2 is 1.55 bits per heavy atom. The quantitative estimate of drug-likeness (QED) is 0.185. The molecule has 38 heavy (non-hydrogen) atoms. The third-order valence-electron chi connectivity index (χ3n) is 6.53. The summed E-state index contributed by atoms with van der Waals surface area (Å²) in [5.74, 6) is -5.57. The van der Waals surface area contributed by atoms with Crippen molar-refractivity contribution in [3.05, 3.63) is 36.0 Å². The number of fused-ring (bicyclic) bond motifs is 1. The average molecular weight is 532 g/mol. The molecule has 2 rings (SSSR count). The molecule has 0 saturated carbocycles. The number of hydrogen-bond donors (Lipinski definition) is 7. The minimum Gasteiger partial charge on any atom is -0.481 e. The minimum atomic E-state index is -1.67. The van der Waals surface area contributed by atoms with Gasteiger partial charge in [0, 0.05) is 23.5 Å². The zero-order chi connectivity index (χ0) is 28.6. The fourth-order valence-corrected chi connectivity index (χ4v) is 3.93. The number of carboxylic acids is 2. The summed E-state index contributed by atoms with van der Waals surface area (Å²) >= 11 is 0. The van der Waals surface area contributed by atoms with Crippen LogP contribution in [0.1, 0.15) is 46.1 Å². The van der Waals surface area contributed by atoms with Crippen molar-refractivity contribution in [2.75, 3.05) is 0 Å². The summed E-state index contributed by atoms with van der Waals surface area (Å²) in [4.78, 5) is 64.8. The van der Waals surface area contributed by atoms with Gasteiger partial charge in [0.2, 0.25) is 17.7 Å². The Kier molecular flexibility index (Phi) is 10.8. The number of H-pyrrole nitrogens is 1. The van der Waals surface area contributed by atoms with Crippen molar-refractivity contribution >= 4 is 40.6 Å². The molecule has 3 amide bonds. The molecule has 12 heteroatoms. The fourth-order valence-electron chi connectivity index (χ4n) is 3.93. The lowest BCUT2D eigenvalue weighted by atomic mass is 9.97. The monoisotopic (exact) mass is 531 g/mol. The van der Waals surface area contributed by atoms with Crippen LogP contribution in [0.3, 0.4) is 0 Å². The molecule has 1 aromatic heterocycles. The predicted octanol–water partition coefficient (Wildman–Crippen LogP) is 0.754. The third-order valence-corrected chi connectivity index (χ3v) is 6.53. The van der Waals surface area contributed by atoms with Gasteiger partial charge in [-0.25, -0.2) is 4.79 Å². The van der Waals surface area contributed by atoms with Crippen LogP contribution >= 0.6 is 0 Å². The van der Waals surface area contributed by atoms with Crippen LogP contribution in [0, 0.1) is 11.8 Å². The van der Waals surface area contributed by atoms with Crippen LogP contribution in [0.5, 0.6) is 0 Å². The number of amides is 3. The van der Waals surface area contributed by atoms with E-state index in [0.29, 0.717) is 6.42 Å². The normalized spacial score (nSPS) is 15.2. The summed E-state index contributed by atoms with van der Waals surface area (Å²) in [6.07, 6.45) is 1.66. The Morgan fingerprint density at radius 1 is 0.921 bits per heavy atom. The largest absolute Gasteiger partial charge is 0.481 e. The Labute approximate surface area is 220 Å². The van der Waals surface area contributed by atoms with Gasteiger partial charge in [0.05, 0.1) is 12.5 Å². The molecule has 0 aliphatic carbocycles. The van der Waals surface area contributed by atoms with Gasteiger partial charge in [0.15, 0.2) is 0 Å². The van der Waals surface area contributed by atoms with Gasteiger partial charge in [-0.1, -0.05) is 52.3 Å². The summed E-state index contributed by atoms with van der Waals surface area (Å²) in [5.41, 5.74) is 7.70. The third kappa shape index (κ3) is 8.04. The van der Waals surface area contributed by atoms with Crippen LogP contribution in [0.15, 0.2) is 30.5 Å². The molecular weight excluding hydrogens is 494 g/mol. The van der Waals surface area contributed by atoms with E-state index in [1.807, 2.05) is 38.1 Å². The molecule has 5 unspecified atom stereocenters. The second-order valence-corrected chi connectivity index (χ2v) is 9.76. The maximum absolute atomic E-state index is 13.5. The van der Waals surface area contributed by atoms with E-state index in [9.17, 15) is 29.1 Å². The molecule has 2 aromatic rings. The molecular formula is C26H37N5O7.